The van der Waals surface area contributed by atoms with E-state index in [2.05, 4.69) is 4.99 Å². The first-order valence-corrected chi connectivity index (χ1v) is 5.21. The predicted octanol–water partition coefficient (Wildman–Crippen LogP) is 2.63. The van der Waals surface area contributed by atoms with Crippen molar-refractivity contribution in [2.45, 2.75) is 13.8 Å². The maximum absolute atomic E-state index is 11.2. The molecule has 0 N–H and O–H groups in total. The molecule has 1 rings (SSSR count). The largest absolute Gasteiger partial charge is 0.477 e. The van der Waals surface area contributed by atoms with Crippen LogP contribution in [0.15, 0.2) is 35.3 Å². The predicted molar refractivity (Wildman–Crippen MR) is 61.6 cm³/mol. The van der Waals surface area contributed by atoms with Gasteiger partial charge in [-0.1, -0.05) is 18.2 Å². The molecule has 0 radical (unpaired) electrons. The molecule has 0 saturated heterocycles. The molecule has 16 heavy (non-hydrogen) atoms. The molecule has 0 aromatic heterocycles. The van der Waals surface area contributed by atoms with E-state index < -0.39 is 6.09 Å². The summed E-state index contributed by atoms with van der Waals surface area (Å²) >= 11 is 0. The van der Waals surface area contributed by atoms with Gasteiger partial charge in [-0.3, -0.25) is 0 Å². The molecule has 0 aliphatic heterocycles. The smallest absolute Gasteiger partial charge is 0.436 e. The van der Waals surface area contributed by atoms with E-state index in [1.807, 2.05) is 37.3 Å². The van der Waals surface area contributed by atoms with E-state index >= 15 is 0 Å². The fourth-order valence-electron chi connectivity index (χ4n) is 1.14. The van der Waals surface area contributed by atoms with Gasteiger partial charge in [0.2, 0.25) is 5.90 Å². The standard InChI is InChI=1S/C12H15NO3/c1-3-15-11(13-12(14)16-4-2)10-8-6-5-7-9-10/h5-9H,3-4H2,1-2H3/b13-11-. The van der Waals surface area contributed by atoms with Crippen LogP contribution in [0.2, 0.25) is 0 Å². The number of hydrogen-bond acceptors (Lipinski definition) is 3. The zero-order valence-electron chi connectivity index (χ0n) is 9.47. The van der Waals surface area contributed by atoms with Gasteiger partial charge in [-0.25, -0.2) is 4.79 Å². The molecule has 4 nitrogen and oxygen atoms in total. The summed E-state index contributed by atoms with van der Waals surface area (Å²) in [5.74, 6) is 0.293. The highest BCUT2D eigenvalue weighted by atomic mass is 16.6. The average Bonchev–Trinajstić information content (AvgIpc) is 2.30. The zero-order valence-corrected chi connectivity index (χ0v) is 9.47. The molecule has 0 unspecified atom stereocenters. The quantitative estimate of drug-likeness (QED) is 0.582. The molecule has 0 fully saturated rings. The third-order valence-corrected chi connectivity index (χ3v) is 1.76. The third kappa shape index (κ3) is 3.73. The van der Waals surface area contributed by atoms with E-state index in [1.54, 1.807) is 6.92 Å². The second-order valence-electron chi connectivity index (χ2n) is 2.91. The Morgan fingerprint density at radius 3 is 2.31 bits per heavy atom. The summed E-state index contributed by atoms with van der Waals surface area (Å²) in [6.07, 6.45) is -0.630. The van der Waals surface area contributed by atoms with Crippen LogP contribution in [0, 0.1) is 0 Å². The molecule has 0 spiro atoms. The first-order valence-electron chi connectivity index (χ1n) is 5.21. The Kier molecular flexibility index (Phi) is 5.05. The van der Waals surface area contributed by atoms with E-state index in [0.717, 1.165) is 5.56 Å². The van der Waals surface area contributed by atoms with Crippen LogP contribution in [-0.2, 0) is 9.47 Å². The van der Waals surface area contributed by atoms with E-state index in [4.69, 9.17) is 9.47 Å². The van der Waals surface area contributed by atoms with Crippen molar-refractivity contribution in [1.29, 1.82) is 0 Å². The Morgan fingerprint density at radius 1 is 1.12 bits per heavy atom. The molecule has 1 amide bonds. The highest BCUT2D eigenvalue weighted by Gasteiger charge is 2.07. The van der Waals surface area contributed by atoms with E-state index in [9.17, 15) is 4.79 Å². The summed E-state index contributed by atoms with van der Waals surface area (Å²) in [4.78, 5) is 15.0. The van der Waals surface area contributed by atoms with Gasteiger partial charge in [0.25, 0.3) is 0 Å². The highest BCUT2D eigenvalue weighted by molar-refractivity contribution is 5.99. The highest BCUT2D eigenvalue weighted by Crippen LogP contribution is 2.03. The number of carbonyl (C=O) groups is 1. The Hall–Kier alpha value is -1.84. The van der Waals surface area contributed by atoms with Gasteiger partial charge >= 0.3 is 6.09 Å². The molecule has 0 aliphatic carbocycles. The van der Waals surface area contributed by atoms with Crippen LogP contribution in [0.25, 0.3) is 0 Å². The van der Waals surface area contributed by atoms with Gasteiger partial charge in [0.1, 0.15) is 0 Å². The fourth-order valence-corrected chi connectivity index (χ4v) is 1.14. The van der Waals surface area contributed by atoms with Gasteiger partial charge in [0.05, 0.1) is 13.2 Å². The van der Waals surface area contributed by atoms with E-state index in [0.29, 0.717) is 19.1 Å². The Morgan fingerprint density at radius 2 is 1.75 bits per heavy atom. The second-order valence-corrected chi connectivity index (χ2v) is 2.91. The number of benzene rings is 1. The van der Waals surface area contributed by atoms with Crippen LogP contribution in [0.5, 0.6) is 0 Å². The van der Waals surface area contributed by atoms with E-state index in [-0.39, 0.29) is 0 Å². The topological polar surface area (TPSA) is 47.9 Å². The van der Waals surface area contributed by atoms with Crippen molar-refractivity contribution < 1.29 is 14.3 Å². The van der Waals surface area contributed by atoms with Crippen molar-refractivity contribution >= 4 is 12.0 Å². The Labute approximate surface area is 94.9 Å². The minimum absolute atomic E-state index is 0.293. The maximum atomic E-state index is 11.2. The van der Waals surface area contributed by atoms with E-state index in [1.165, 1.54) is 0 Å². The van der Waals surface area contributed by atoms with Gasteiger partial charge in [-0.2, -0.15) is 0 Å². The monoisotopic (exact) mass is 221 g/mol. The SMILES string of the molecule is CCOC(=O)/N=C(\OCC)c1ccccc1. The first-order chi connectivity index (χ1) is 7.77. The van der Waals surface area contributed by atoms with Crippen LogP contribution < -0.4 is 0 Å². The lowest BCUT2D eigenvalue weighted by molar-refractivity contribution is 0.162. The summed E-state index contributed by atoms with van der Waals surface area (Å²) in [5, 5.41) is 0. The van der Waals surface area contributed by atoms with Crippen molar-refractivity contribution in [3.05, 3.63) is 35.9 Å². The summed E-state index contributed by atoms with van der Waals surface area (Å²) in [6.45, 7) is 4.32. The minimum atomic E-state index is -0.630. The normalized spacial score (nSPS) is 11.0. The van der Waals surface area contributed by atoms with Crippen LogP contribution in [0.1, 0.15) is 19.4 Å². The number of rotatable bonds is 3. The zero-order chi connectivity index (χ0) is 11.8. The maximum Gasteiger partial charge on any atom is 0.436 e. The first kappa shape index (κ1) is 12.2. The van der Waals surface area contributed by atoms with Crippen LogP contribution >= 0.6 is 0 Å². The fraction of sp³-hybridized carbons (Fsp3) is 0.333. The molecular weight excluding hydrogens is 206 g/mol. The number of amides is 1. The Bertz CT molecular complexity index is 360. The van der Waals surface area contributed by atoms with Crippen molar-refractivity contribution in [2.75, 3.05) is 13.2 Å². The lowest BCUT2D eigenvalue weighted by Crippen LogP contribution is -2.10. The third-order valence-electron chi connectivity index (χ3n) is 1.76. The van der Waals surface area contributed by atoms with Crippen LogP contribution in [0.4, 0.5) is 4.79 Å². The Balaban J connectivity index is 2.86. The number of aliphatic imine (C=N–C) groups is 1. The van der Waals surface area contributed by atoms with Gasteiger partial charge in [0, 0.05) is 5.56 Å². The molecule has 0 heterocycles. The molecule has 0 atom stereocenters. The second kappa shape index (κ2) is 6.61. The van der Waals surface area contributed by atoms with Crippen LogP contribution in [-0.4, -0.2) is 25.2 Å². The van der Waals surface area contributed by atoms with Crippen molar-refractivity contribution in [2.24, 2.45) is 4.99 Å². The molecular formula is C12H15NO3. The molecule has 0 aliphatic rings. The van der Waals surface area contributed by atoms with Gasteiger partial charge in [0.15, 0.2) is 0 Å². The number of ether oxygens (including phenoxy) is 2. The van der Waals surface area contributed by atoms with Crippen molar-refractivity contribution in [3.8, 4) is 0 Å². The number of nitrogens with zero attached hydrogens (tertiary/aromatic N) is 1. The molecule has 0 saturated carbocycles. The minimum Gasteiger partial charge on any atom is -0.477 e. The lowest BCUT2D eigenvalue weighted by atomic mass is 10.2. The van der Waals surface area contributed by atoms with Gasteiger partial charge in [-0.05, 0) is 26.0 Å². The molecule has 86 valence electrons. The number of carbonyl (C=O) groups excluding carboxylic acids is 1. The van der Waals surface area contributed by atoms with Crippen molar-refractivity contribution in [1.82, 2.24) is 0 Å². The summed E-state index contributed by atoms with van der Waals surface area (Å²) in [6, 6.07) is 9.25. The molecule has 0 bridgehead atoms. The summed E-state index contributed by atoms with van der Waals surface area (Å²) < 4.78 is 10.0. The molecule has 4 heteroatoms. The van der Waals surface area contributed by atoms with Crippen LogP contribution in [0.3, 0.4) is 0 Å². The number of hydrogen-bond donors (Lipinski definition) is 0. The lowest BCUT2D eigenvalue weighted by Gasteiger charge is -2.06. The molecule has 1 aromatic carbocycles. The molecule has 1 aromatic rings. The summed E-state index contributed by atoms with van der Waals surface area (Å²) in [7, 11) is 0. The average molecular weight is 221 g/mol. The van der Waals surface area contributed by atoms with Gasteiger partial charge < -0.3 is 9.47 Å². The van der Waals surface area contributed by atoms with Crippen molar-refractivity contribution in [3.63, 3.8) is 0 Å². The van der Waals surface area contributed by atoms with Gasteiger partial charge in [-0.15, -0.1) is 4.99 Å². The summed E-state index contributed by atoms with van der Waals surface area (Å²) in [5.41, 5.74) is 0.761.